The van der Waals surface area contributed by atoms with Gasteiger partial charge in [-0.15, -0.1) is 0 Å². The minimum atomic E-state index is -0.0536. The molecule has 0 bridgehead atoms. The first-order valence-electron chi connectivity index (χ1n) is 6.92. The topological polar surface area (TPSA) is 62.6 Å². The highest BCUT2D eigenvalue weighted by molar-refractivity contribution is 5.73. The lowest BCUT2D eigenvalue weighted by atomic mass is 10.3. The second-order valence-electron chi connectivity index (χ2n) is 5.06. The molecule has 20 heavy (non-hydrogen) atoms. The van der Waals surface area contributed by atoms with Crippen LogP contribution in [0.2, 0.25) is 0 Å². The predicted octanol–water partition coefficient (Wildman–Crippen LogP) is -0.106. The first-order valence-corrected chi connectivity index (χ1v) is 6.92. The number of morpholine rings is 1. The van der Waals surface area contributed by atoms with Gasteiger partial charge in [-0.05, 0) is 0 Å². The van der Waals surface area contributed by atoms with Crippen LogP contribution in [0, 0.1) is 0 Å². The molecule has 7 heteroatoms. The number of aromatic nitrogens is 2. The summed E-state index contributed by atoms with van der Waals surface area (Å²) in [5.74, 6) is 0. The van der Waals surface area contributed by atoms with Crippen LogP contribution in [0.1, 0.15) is 5.56 Å². The Balaban J connectivity index is 1.65. The molecule has 1 N–H and O–H groups in total. The number of hydrogen-bond acceptors (Lipinski definition) is 4. The van der Waals surface area contributed by atoms with E-state index in [1.807, 2.05) is 13.2 Å². The van der Waals surface area contributed by atoms with Gasteiger partial charge in [0.2, 0.25) is 0 Å². The van der Waals surface area contributed by atoms with Gasteiger partial charge in [0.25, 0.3) is 0 Å². The molecule has 0 atom stereocenters. The minimum Gasteiger partial charge on any atom is -0.379 e. The van der Waals surface area contributed by atoms with Gasteiger partial charge in [0.1, 0.15) is 0 Å². The van der Waals surface area contributed by atoms with E-state index in [1.54, 1.807) is 22.8 Å². The number of ether oxygens (including phenoxy) is 1. The quantitative estimate of drug-likeness (QED) is 0.818. The molecular weight excluding hydrogens is 258 g/mol. The first-order chi connectivity index (χ1) is 9.65. The third kappa shape index (κ3) is 4.50. The zero-order valence-electron chi connectivity index (χ0n) is 12.2. The van der Waals surface area contributed by atoms with E-state index in [9.17, 15) is 4.79 Å². The highest BCUT2D eigenvalue weighted by Crippen LogP contribution is 2.01. The molecule has 1 saturated heterocycles. The van der Waals surface area contributed by atoms with Crippen molar-refractivity contribution in [3.8, 4) is 0 Å². The van der Waals surface area contributed by atoms with Crippen LogP contribution in [0.15, 0.2) is 12.4 Å². The van der Waals surface area contributed by atoms with E-state index in [0.717, 1.165) is 38.4 Å². The van der Waals surface area contributed by atoms with Gasteiger partial charge in [-0.1, -0.05) is 0 Å². The Kier molecular flexibility index (Phi) is 5.37. The van der Waals surface area contributed by atoms with Crippen molar-refractivity contribution in [2.75, 3.05) is 46.4 Å². The molecule has 1 fully saturated rings. The number of carbonyl (C=O) groups is 1. The number of carbonyl (C=O) groups excluding carboxylic acids is 1. The molecule has 112 valence electrons. The van der Waals surface area contributed by atoms with Crippen molar-refractivity contribution in [3.63, 3.8) is 0 Å². The molecule has 0 saturated carbocycles. The first kappa shape index (κ1) is 14.8. The molecular formula is C13H23N5O2. The molecule has 0 aromatic carbocycles. The summed E-state index contributed by atoms with van der Waals surface area (Å²) in [5.41, 5.74) is 1.03. The zero-order valence-corrected chi connectivity index (χ0v) is 12.2. The van der Waals surface area contributed by atoms with Crippen LogP contribution in [0.3, 0.4) is 0 Å². The maximum Gasteiger partial charge on any atom is 0.317 e. The summed E-state index contributed by atoms with van der Waals surface area (Å²) in [6, 6.07) is -0.0536. The van der Waals surface area contributed by atoms with Gasteiger partial charge in [0, 0.05) is 52.0 Å². The Morgan fingerprint density at radius 1 is 1.50 bits per heavy atom. The molecule has 1 aromatic heterocycles. The Morgan fingerprint density at radius 2 is 2.25 bits per heavy atom. The normalized spacial score (nSPS) is 16.1. The second-order valence-corrected chi connectivity index (χ2v) is 5.06. The van der Waals surface area contributed by atoms with Crippen LogP contribution in [0.25, 0.3) is 0 Å². The Labute approximate surface area is 119 Å². The SMILES string of the molecule is CN(Cc1cnn(C)c1)C(=O)NCCN1CCOCC1. The third-order valence-electron chi connectivity index (χ3n) is 3.33. The summed E-state index contributed by atoms with van der Waals surface area (Å²) < 4.78 is 7.02. The largest absolute Gasteiger partial charge is 0.379 e. The molecule has 2 amide bonds. The van der Waals surface area contributed by atoms with Gasteiger partial charge >= 0.3 is 6.03 Å². The van der Waals surface area contributed by atoms with Crippen molar-refractivity contribution < 1.29 is 9.53 Å². The molecule has 2 rings (SSSR count). The lowest BCUT2D eigenvalue weighted by Gasteiger charge is -2.27. The maximum absolute atomic E-state index is 11.9. The number of rotatable bonds is 5. The number of urea groups is 1. The monoisotopic (exact) mass is 281 g/mol. The summed E-state index contributed by atoms with van der Waals surface area (Å²) in [6.45, 7) is 5.57. The summed E-state index contributed by atoms with van der Waals surface area (Å²) >= 11 is 0. The molecule has 0 unspecified atom stereocenters. The van der Waals surface area contributed by atoms with E-state index >= 15 is 0 Å². The van der Waals surface area contributed by atoms with Crippen LogP contribution in [-0.4, -0.2) is 72.1 Å². The summed E-state index contributed by atoms with van der Waals surface area (Å²) in [5, 5.41) is 7.03. The number of aryl methyl sites for hydroxylation is 1. The maximum atomic E-state index is 11.9. The van der Waals surface area contributed by atoms with Crippen molar-refractivity contribution in [2.45, 2.75) is 6.54 Å². The van der Waals surface area contributed by atoms with Gasteiger partial charge < -0.3 is 15.0 Å². The molecule has 7 nitrogen and oxygen atoms in total. The fourth-order valence-corrected chi connectivity index (χ4v) is 2.18. The number of nitrogens with one attached hydrogen (secondary N) is 1. The van der Waals surface area contributed by atoms with Gasteiger partial charge in [0.05, 0.1) is 26.0 Å². The summed E-state index contributed by atoms with van der Waals surface area (Å²) in [6.07, 6.45) is 3.69. The van der Waals surface area contributed by atoms with E-state index in [1.165, 1.54) is 0 Å². The molecule has 1 aliphatic heterocycles. The standard InChI is InChI=1S/C13H23N5O2/c1-16(10-12-9-15-17(2)11-12)13(19)14-3-4-18-5-7-20-8-6-18/h9,11H,3-8,10H2,1-2H3,(H,14,19). The van der Waals surface area contributed by atoms with E-state index in [0.29, 0.717) is 13.1 Å². The van der Waals surface area contributed by atoms with Crippen LogP contribution in [0.4, 0.5) is 4.79 Å². The summed E-state index contributed by atoms with van der Waals surface area (Å²) in [4.78, 5) is 15.9. The molecule has 1 aromatic rings. The Hall–Kier alpha value is -1.60. The van der Waals surface area contributed by atoms with Crippen LogP contribution in [-0.2, 0) is 18.3 Å². The lowest BCUT2D eigenvalue weighted by molar-refractivity contribution is 0.0386. The molecule has 0 radical (unpaired) electrons. The smallest absolute Gasteiger partial charge is 0.317 e. The van der Waals surface area contributed by atoms with Crippen LogP contribution >= 0.6 is 0 Å². The van der Waals surface area contributed by atoms with Gasteiger partial charge in [-0.25, -0.2) is 4.79 Å². The lowest BCUT2D eigenvalue weighted by Crippen LogP contribution is -2.44. The van der Waals surface area contributed by atoms with Gasteiger partial charge in [0.15, 0.2) is 0 Å². The Morgan fingerprint density at radius 3 is 2.90 bits per heavy atom. The Bertz CT molecular complexity index is 428. The van der Waals surface area contributed by atoms with Crippen LogP contribution < -0.4 is 5.32 Å². The second kappa shape index (κ2) is 7.25. The molecule has 2 heterocycles. The van der Waals surface area contributed by atoms with Gasteiger partial charge in [-0.3, -0.25) is 9.58 Å². The van der Waals surface area contributed by atoms with E-state index in [-0.39, 0.29) is 6.03 Å². The average Bonchev–Trinajstić information content (AvgIpc) is 2.85. The van der Waals surface area contributed by atoms with Crippen molar-refractivity contribution in [3.05, 3.63) is 18.0 Å². The molecule has 0 aliphatic carbocycles. The van der Waals surface area contributed by atoms with Crippen molar-refractivity contribution in [2.24, 2.45) is 7.05 Å². The molecule has 0 spiro atoms. The number of hydrogen-bond donors (Lipinski definition) is 1. The highest BCUT2D eigenvalue weighted by Gasteiger charge is 2.12. The van der Waals surface area contributed by atoms with E-state index in [2.05, 4.69) is 15.3 Å². The van der Waals surface area contributed by atoms with Crippen molar-refractivity contribution in [1.29, 1.82) is 0 Å². The highest BCUT2D eigenvalue weighted by atomic mass is 16.5. The zero-order chi connectivity index (χ0) is 14.4. The predicted molar refractivity (Wildman–Crippen MR) is 75.3 cm³/mol. The third-order valence-corrected chi connectivity index (χ3v) is 3.33. The van der Waals surface area contributed by atoms with E-state index < -0.39 is 0 Å². The van der Waals surface area contributed by atoms with E-state index in [4.69, 9.17) is 4.74 Å². The fourth-order valence-electron chi connectivity index (χ4n) is 2.18. The van der Waals surface area contributed by atoms with Gasteiger partial charge in [-0.2, -0.15) is 5.10 Å². The minimum absolute atomic E-state index is 0.0536. The molecule has 1 aliphatic rings. The number of amides is 2. The fraction of sp³-hybridized carbons (Fsp3) is 0.692. The van der Waals surface area contributed by atoms with Crippen molar-refractivity contribution >= 4 is 6.03 Å². The van der Waals surface area contributed by atoms with Crippen LogP contribution in [0.5, 0.6) is 0 Å². The average molecular weight is 281 g/mol. The van der Waals surface area contributed by atoms with Crippen molar-refractivity contribution in [1.82, 2.24) is 24.9 Å². The summed E-state index contributed by atoms with van der Waals surface area (Å²) in [7, 11) is 3.66. The number of nitrogens with zero attached hydrogens (tertiary/aromatic N) is 4.